The second-order valence-corrected chi connectivity index (χ2v) is 6.35. The molecule has 2 aromatic carbocycles. The third-order valence-electron chi connectivity index (χ3n) is 3.89. The van der Waals surface area contributed by atoms with Gasteiger partial charge in [-0.05, 0) is 37.6 Å². The van der Waals surface area contributed by atoms with Crippen LogP contribution in [-0.2, 0) is 13.0 Å². The summed E-state index contributed by atoms with van der Waals surface area (Å²) in [5.74, 6) is 1.52. The summed E-state index contributed by atoms with van der Waals surface area (Å²) in [7, 11) is 1.62. The summed E-state index contributed by atoms with van der Waals surface area (Å²) < 4.78 is 11.9. The monoisotopic (exact) mass is 311 g/mol. The van der Waals surface area contributed by atoms with Crippen molar-refractivity contribution in [2.45, 2.75) is 32.5 Å². The molecule has 1 heterocycles. The molecule has 0 aromatic heterocycles. The van der Waals surface area contributed by atoms with Gasteiger partial charge < -0.3 is 14.8 Å². The number of rotatable bonds is 4. The molecule has 0 atom stereocenters. The lowest BCUT2D eigenvalue weighted by molar-refractivity contribution is 0.0963. The maximum Gasteiger partial charge on any atom is 0.251 e. The second kappa shape index (κ2) is 5.95. The molecular formula is C19H21NO3. The maximum atomic E-state index is 11.5. The number of carbonyl (C=O) groups is 1. The number of ether oxygens (including phenoxy) is 2. The predicted octanol–water partition coefficient (Wildman–Crippen LogP) is 3.34. The molecule has 0 aliphatic carbocycles. The van der Waals surface area contributed by atoms with Crippen molar-refractivity contribution in [3.63, 3.8) is 0 Å². The molecule has 0 spiro atoms. The smallest absolute Gasteiger partial charge is 0.251 e. The number of para-hydroxylation sites is 1. The fraction of sp³-hybridized carbons (Fsp3) is 0.316. The molecule has 0 radical (unpaired) electrons. The molecule has 120 valence electrons. The first-order valence-corrected chi connectivity index (χ1v) is 7.73. The van der Waals surface area contributed by atoms with Crippen molar-refractivity contribution in [2.75, 3.05) is 7.05 Å². The van der Waals surface area contributed by atoms with Crippen LogP contribution in [0.25, 0.3) is 0 Å². The van der Waals surface area contributed by atoms with Crippen molar-refractivity contribution in [3.05, 3.63) is 59.2 Å². The topological polar surface area (TPSA) is 47.6 Å². The summed E-state index contributed by atoms with van der Waals surface area (Å²) in [4.78, 5) is 11.5. The minimum Gasteiger partial charge on any atom is -0.485 e. The van der Waals surface area contributed by atoms with Crippen LogP contribution < -0.4 is 14.8 Å². The molecule has 0 saturated heterocycles. The number of carbonyl (C=O) groups excluding carboxylic acids is 1. The van der Waals surface area contributed by atoms with E-state index in [9.17, 15) is 4.79 Å². The molecule has 4 heteroatoms. The number of fused-ring (bicyclic) bond motifs is 1. The van der Waals surface area contributed by atoms with Gasteiger partial charge in [0.2, 0.25) is 0 Å². The Kier molecular flexibility index (Phi) is 3.99. The van der Waals surface area contributed by atoms with Crippen LogP contribution in [0.1, 0.15) is 35.3 Å². The molecule has 0 fully saturated rings. The van der Waals surface area contributed by atoms with Gasteiger partial charge in [0.25, 0.3) is 5.91 Å². The van der Waals surface area contributed by atoms with E-state index in [2.05, 4.69) is 25.2 Å². The van der Waals surface area contributed by atoms with Gasteiger partial charge in [-0.15, -0.1) is 0 Å². The molecule has 2 aromatic rings. The number of hydrogen-bond donors (Lipinski definition) is 1. The van der Waals surface area contributed by atoms with Crippen molar-refractivity contribution in [1.82, 2.24) is 5.32 Å². The lowest BCUT2D eigenvalue weighted by atomic mass is 10.0. The molecule has 0 unspecified atom stereocenters. The molecule has 1 N–H and O–H groups in total. The summed E-state index contributed by atoms with van der Waals surface area (Å²) in [5.41, 5.74) is 2.65. The third-order valence-corrected chi connectivity index (χ3v) is 3.89. The Balaban J connectivity index is 1.70. The van der Waals surface area contributed by atoms with E-state index in [-0.39, 0.29) is 11.5 Å². The summed E-state index contributed by atoms with van der Waals surface area (Å²) >= 11 is 0. The first-order valence-electron chi connectivity index (χ1n) is 7.73. The molecule has 3 rings (SSSR count). The van der Waals surface area contributed by atoms with Gasteiger partial charge in [0.05, 0.1) is 0 Å². The summed E-state index contributed by atoms with van der Waals surface area (Å²) in [6.45, 7) is 4.59. The lowest BCUT2D eigenvalue weighted by Gasteiger charge is -2.18. The van der Waals surface area contributed by atoms with E-state index in [1.807, 2.05) is 24.3 Å². The summed E-state index contributed by atoms with van der Waals surface area (Å²) in [6, 6.07) is 13.4. The zero-order chi connectivity index (χ0) is 16.4. The fourth-order valence-electron chi connectivity index (χ4n) is 2.76. The highest BCUT2D eigenvalue weighted by atomic mass is 16.5. The zero-order valence-corrected chi connectivity index (χ0v) is 13.7. The van der Waals surface area contributed by atoms with Crippen LogP contribution in [0.3, 0.4) is 0 Å². The van der Waals surface area contributed by atoms with E-state index >= 15 is 0 Å². The van der Waals surface area contributed by atoms with Crippen LogP contribution in [0, 0.1) is 0 Å². The predicted molar refractivity (Wildman–Crippen MR) is 89.0 cm³/mol. The van der Waals surface area contributed by atoms with Crippen molar-refractivity contribution in [1.29, 1.82) is 0 Å². The quantitative estimate of drug-likeness (QED) is 0.942. The minimum absolute atomic E-state index is 0.0889. The van der Waals surface area contributed by atoms with Crippen LogP contribution in [-0.4, -0.2) is 18.6 Å². The van der Waals surface area contributed by atoms with Crippen LogP contribution in [0.4, 0.5) is 0 Å². The number of nitrogens with one attached hydrogen (secondary N) is 1. The first kappa shape index (κ1) is 15.4. The molecule has 1 aliphatic rings. The minimum atomic E-state index is -0.184. The van der Waals surface area contributed by atoms with E-state index < -0.39 is 0 Å². The number of hydrogen-bond acceptors (Lipinski definition) is 3. The van der Waals surface area contributed by atoms with E-state index in [4.69, 9.17) is 9.47 Å². The Labute approximate surface area is 136 Å². The molecule has 0 saturated carbocycles. The maximum absolute atomic E-state index is 11.5. The average Bonchev–Trinajstić information content (AvgIpc) is 2.87. The van der Waals surface area contributed by atoms with Gasteiger partial charge in [-0.3, -0.25) is 4.79 Å². The van der Waals surface area contributed by atoms with Crippen molar-refractivity contribution >= 4 is 5.91 Å². The van der Waals surface area contributed by atoms with Gasteiger partial charge in [0, 0.05) is 24.6 Å². The van der Waals surface area contributed by atoms with Crippen molar-refractivity contribution in [3.8, 4) is 11.5 Å². The Bertz CT molecular complexity index is 720. The van der Waals surface area contributed by atoms with Crippen LogP contribution >= 0.6 is 0 Å². The Morgan fingerprint density at radius 2 is 1.96 bits per heavy atom. The molecule has 23 heavy (non-hydrogen) atoms. The van der Waals surface area contributed by atoms with E-state index in [1.54, 1.807) is 19.2 Å². The summed E-state index contributed by atoms with van der Waals surface area (Å²) in [6.07, 6.45) is 0.889. The van der Waals surface area contributed by atoms with Gasteiger partial charge in [-0.1, -0.05) is 24.3 Å². The molecule has 0 bridgehead atoms. The lowest BCUT2D eigenvalue weighted by Crippen LogP contribution is -2.24. The Morgan fingerprint density at radius 1 is 1.22 bits per heavy atom. The highest BCUT2D eigenvalue weighted by Crippen LogP contribution is 2.41. The van der Waals surface area contributed by atoms with Gasteiger partial charge in [0.1, 0.15) is 12.2 Å². The van der Waals surface area contributed by atoms with Gasteiger partial charge in [-0.2, -0.15) is 0 Å². The fourth-order valence-corrected chi connectivity index (χ4v) is 2.76. The number of benzene rings is 2. The van der Waals surface area contributed by atoms with Gasteiger partial charge >= 0.3 is 0 Å². The zero-order valence-electron chi connectivity index (χ0n) is 13.7. The van der Waals surface area contributed by atoms with Crippen molar-refractivity contribution < 1.29 is 14.3 Å². The second-order valence-electron chi connectivity index (χ2n) is 6.35. The highest BCUT2D eigenvalue weighted by molar-refractivity contribution is 5.93. The van der Waals surface area contributed by atoms with Gasteiger partial charge in [0.15, 0.2) is 11.5 Å². The van der Waals surface area contributed by atoms with Crippen LogP contribution in [0.15, 0.2) is 42.5 Å². The molecule has 4 nitrogen and oxygen atoms in total. The third kappa shape index (κ3) is 3.31. The van der Waals surface area contributed by atoms with E-state index in [0.29, 0.717) is 12.2 Å². The standard InChI is InChI=1S/C19H21NO3/c1-19(2)11-15-5-4-6-16(17(15)23-19)22-12-13-7-9-14(10-8-13)18(21)20-3/h4-10H,11-12H2,1-3H3,(H,20,21). The van der Waals surface area contributed by atoms with Gasteiger partial charge in [-0.25, -0.2) is 0 Å². The van der Waals surface area contributed by atoms with E-state index in [1.165, 1.54) is 5.56 Å². The Morgan fingerprint density at radius 3 is 2.65 bits per heavy atom. The number of amides is 1. The molecule has 1 amide bonds. The first-order chi connectivity index (χ1) is 11.0. The molecular weight excluding hydrogens is 290 g/mol. The van der Waals surface area contributed by atoms with Crippen LogP contribution in [0.2, 0.25) is 0 Å². The SMILES string of the molecule is CNC(=O)c1ccc(COc2cccc3c2OC(C)(C)C3)cc1. The summed E-state index contributed by atoms with van der Waals surface area (Å²) in [5, 5.41) is 2.61. The Hall–Kier alpha value is -2.49. The van der Waals surface area contributed by atoms with E-state index in [0.717, 1.165) is 23.5 Å². The largest absolute Gasteiger partial charge is 0.485 e. The van der Waals surface area contributed by atoms with Crippen LogP contribution in [0.5, 0.6) is 11.5 Å². The normalized spacial score (nSPS) is 14.7. The molecule has 1 aliphatic heterocycles. The highest BCUT2D eigenvalue weighted by Gasteiger charge is 2.32. The van der Waals surface area contributed by atoms with Crippen molar-refractivity contribution in [2.24, 2.45) is 0 Å². The average molecular weight is 311 g/mol.